The van der Waals surface area contributed by atoms with Crippen LogP contribution >= 0.6 is 22.9 Å². The Hall–Kier alpha value is -1.06. The summed E-state index contributed by atoms with van der Waals surface area (Å²) in [6.07, 6.45) is 2.17. The molecule has 2 aromatic rings. The summed E-state index contributed by atoms with van der Waals surface area (Å²) in [6, 6.07) is 8.08. The van der Waals surface area contributed by atoms with Crippen LogP contribution in [0.15, 0.2) is 24.3 Å². The van der Waals surface area contributed by atoms with Crippen molar-refractivity contribution in [1.82, 2.24) is 4.98 Å². The molecular weight excluding hydrogens is 240 g/mol. The first-order chi connectivity index (χ1) is 7.74. The van der Waals surface area contributed by atoms with Gasteiger partial charge in [0.25, 0.3) is 0 Å². The standard InChI is InChI=1S/C12H11ClN2S/c13-8-3-1-7(2-4-8)9-5-6-10-11(9)16-12(14)15-10/h1-4,9H,5-6H2,(H2,14,15). The molecule has 0 aliphatic heterocycles. The van der Waals surface area contributed by atoms with Crippen molar-refractivity contribution in [2.75, 3.05) is 5.73 Å². The molecule has 0 amide bonds. The second-order valence-electron chi connectivity index (χ2n) is 4.01. The average molecular weight is 251 g/mol. The van der Waals surface area contributed by atoms with Gasteiger partial charge >= 0.3 is 0 Å². The lowest BCUT2D eigenvalue weighted by atomic mass is 9.99. The van der Waals surface area contributed by atoms with Crippen molar-refractivity contribution in [2.24, 2.45) is 0 Å². The molecule has 0 fully saturated rings. The minimum absolute atomic E-state index is 0.460. The van der Waals surface area contributed by atoms with Gasteiger partial charge in [0.15, 0.2) is 5.13 Å². The Morgan fingerprint density at radius 1 is 1.31 bits per heavy atom. The maximum absolute atomic E-state index is 5.89. The highest BCUT2D eigenvalue weighted by atomic mass is 35.5. The molecule has 1 aliphatic rings. The lowest BCUT2D eigenvalue weighted by Gasteiger charge is -2.09. The van der Waals surface area contributed by atoms with E-state index in [1.165, 1.54) is 16.1 Å². The Balaban J connectivity index is 2.00. The second kappa shape index (κ2) is 3.75. The summed E-state index contributed by atoms with van der Waals surface area (Å²) < 4.78 is 0. The van der Waals surface area contributed by atoms with E-state index in [0.717, 1.165) is 17.9 Å². The summed E-state index contributed by atoms with van der Waals surface area (Å²) >= 11 is 7.51. The minimum atomic E-state index is 0.460. The van der Waals surface area contributed by atoms with Crippen LogP contribution < -0.4 is 5.73 Å². The maximum Gasteiger partial charge on any atom is 0.180 e. The molecule has 1 unspecified atom stereocenters. The van der Waals surface area contributed by atoms with Crippen molar-refractivity contribution < 1.29 is 0 Å². The summed E-state index contributed by atoms with van der Waals surface area (Å²) in [5.74, 6) is 0.460. The molecule has 82 valence electrons. The molecule has 3 rings (SSSR count). The van der Waals surface area contributed by atoms with Crippen LogP contribution in [0.4, 0.5) is 5.13 Å². The van der Waals surface area contributed by atoms with Gasteiger partial charge in [-0.15, -0.1) is 11.3 Å². The number of nitrogens with two attached hydrogens (primary N) is 1. The highest BCUT2D eigenvalue weighted by Crippen LogP contribution is 2.42. The van der Waals surface area contributed by atoms with Crippen LogP contribution in [0.2, 0.25) is 5.02 Å². The molecule has 2 N–H and O–H groups in total. The first-order valence-electron chi connectivity index (χ1n) is 5.24. The van der Waals surface area contributed by atoms with Crippen LogP contribution in [0, 0.1) is 0 Å². The van der Waals surface area contributed by atoms with E-state index in [1.54, 1.807) is 11.3 Å². The first kappa shape index (κ1) is 10.1. The van der Waals surface area contributed by atoms with E-state index < -0.39 is 0 Å². The quantitative estimate of drug-likeness (QED) is 0.842. The summed E-state index contributed by atoms with van der Waals surface area (Å²) in [7, 11) is 0. The topological polar surface area (TPSA) is 38.9 Å². The van der Waals surface area contributed by atoms with Crippen molar-refractivity contribution in [3.05, 3.63) is 45.4 Å². The number of hydrogen-bond acceptors (Lipinski definition) is 3. The summed E-state index contributed by atoms with van der Waals surface area (Å²) in [6.45, 7) is 0. The van der Waals surface area contributed by atoms with E-state index in [2.05, 4.69) is 17.1 Å². The highest BCUT2D eigenvalue weighted by Gasteiger charge is 2.27. The second-order valence-corrected chi connectivity index (χ2v) is 5.50. The zero-order valence-electron chi connectivity index (χ0n) is 8.61. The molecule has 0 saturated heterocycles. The van der Waals surface area contributed by atoms with E-state index in [-0.39, 0.29) is 0 Å². The molecule has 1 aliphatic carbocycles. The van der Waals surface area contributed by atoms with Crippen LogP contribution in [0.3, 0.4) is 0 Å². The zero-order valence-corrected chi connectivity index (χ0v) is 10.2. The van der Waals surface area contributed by atoms with Crippen LogP contribution in [0.1, 0.15) is 28.5 Å². The number of thiazole rings is 1. The number of benzene rings is 1. The molecule has 1 atom stereocenters. The number of aryl methyl sites for hydroxylation is 1. The number of fused-ring (bicyclic) bond motifs is 1. The van der Waals surface area contributed by atoms with E-state index in [9.17, 15) is 0 Å². The van der Waals surface area contributed by atoms with E-state index >= 15 is 0 Å². The fourth-order valence-corrected chi connectivity index (χ4v) is 3.43. The Labute approximate surface area is 103 Å². The number of aromatic nitrogens is 1. The summed E-state index contributed by atoms with van der Waals surface area (Å²) in [5, 5.41) is 1.47. The predicted octanol–water partition coefficient (Wildman–Crippen LogP) is 3.46. The van der Waals surface area contributed by atoms with Crippen molar-refractivity contribution >= 4 is 28.1 Å². The van der Waals surface area contributed by atoms with Crippen LogP contribution in [-0.4, -0.2) is 4.98 Å². The monoisotopic (exact) mass is 250 g/mol. The lowest BCUT2D eigenvalue weighted by molar-refractivity contribution is 0.791. The molecule has 1 aromatic heterocycles. The molecular formula is C12H11ClN2S. The third-order valence-electron chi connectivity index (χ3n) is 3.00. The largest absolute Gasteiger partial charge is 0.375 e. The Morgan fingerprint density at radius 2 is 2.06 bits per heavy atom. The molecule has 1 aromatic carbocycles. The molecule has 1 heterocycles. The molecule has 2 nitrogen and oxygen atoms in total. The van der Waals surface area contributed by atoms with Gasteiger partial charge in [-0.25, -0.2) is 4.98 Å². The molecule has 16 heavy (non-hydrogen) atoms. The fourth-order valence-electron chi connectivity index (χ4n) is 2.26. The van der Waals surface area contributed by atoms with Gasteiger partial charge in [0.05, 0.1) is 5.69 Å². The molecule has 0 spiro atoms. The van der Waals surface area contributed by atoms with Crippen molar-refractivity contribution in [2.45, 2.75) is 18.8 Å². The van der Waals surface area contributed by atoms with Gasteiger partial charge in [0.1, 0.15) is 0 Å². The smallest absolute Gasteiger partial charge is 0.180 e. The van der Waals surface area contributed by atoms with Crippen LogP contribution in [-0.2, 0) is 6.42 Å². The average Bonchev–Trinajstić information content (AvgIpc) is 2.78. The lowest BCUT2D eigenvalue weighted by Crippen LogP contribution is -1.93. The van der Waals surface area contributed by atoms with Gasteiger partial charge < -0.3 is 5.73 Å². The zero-order chi connectivity index (χ0) is 11.1. The van der Waals surface area contributed by atoms with E-state index in [0.29, 0.717) is 11.0 Å². The predicted molar refractivity (Wildman–Crippen MR) is 68.1 cm³/mol. The maximum atomic E-state index is 5.89. The van der Waals surface area contributed by atoms with Crippen molar-refractivity contribution in [3.63, 3.8) is 0 Å². The number of anilines is 1. The Morgan fingerprint density at radius 3 is 2.81 bits per heavy atom. The van der Waals surface area contributed by atoms with E-state index in [1.807, 2.05) is 12.1 Å². The third-order valence-corrected chi connectivity index (χ3v) is 4.30. The van der Waals surface area contributed by atoms with Crippen LogP contribution in [0.5, 0.6) is 0 Å². The minimum Gasteiger partial charge on any atom is -0.375 e. The number of nitrogens with zero attached hydrogens (tertiary/aromatic N) is 1. The van der Waals surface area contributed by atoms with Gasteiger partial charge in [-0.1, -0.05) is 23.7 Å². The summed E-state index contributed by atoms with van der Waals surface area (Å²) in [5.41, 5.74) is 8.23. The van der Waals surface area contributed by atoms with Crippen molar-refractivity contribution in [1.29, 1.82) is 0 Å². The van der Waals surface area contributed by atoms with Crippen LogP contribution in [0.25, 0.3) is 0 Å². The van der Waals surface area contributed by atoms with Crippen molar-refractivity contribution in [3.8, 4) is 0 Å². The number of nitrogen functional groups attached to an aromatic ring is 1. The molecule has 0 saturated carbocycles. The normalized spacial score (nSPS) is 18.7. The first-order valence-corrected chi connectivity index (χ1v) is 6.44. The molecule has 4 heteroatoms. The Bertz CT molecular complexity index is 518. The highest BCUT2D eigenvalue weighted by molar-refractivity contribution is 7.15. The number of hydrogen-bond donors (Lipinski definition) is 1. The molecule has 0 bridgehead atoms. The SMILES string of the molecule is Nc1nc2c(s1)C(c1ccc(Cl)cc1)CC2. The number of rotatable bonds is 1. The van der Waals surface area contributed by atoms with Gasteiger partial charge in [-0.3, -0.25) is 0 Å². The third kappa shape index (κ3) is 1.60. The fraction of sp³-hybridized carbons (Fsp3) is 0.250. The Kier molecular flexibility index (Phi) is 2.37. The van der Waals surface area contributed by atoms with Gasteiger partial charge in [-0.2, -0.15) is 0 Å². The summed E-state index contributed by atoms with van der Waals surface area (Å²) in [4.78, 5) is 5.69. The van der Waals surface area contributed by atoms with Gasteiger partial charge in [0, 0.05) is 15.8 Å². The van der Waals surface area contributed by atoms with Gasteiger partial charge in [-0.05, 0) is 30.5 Å². The molecule has 0 radical (unpaired) electrons. The van der Waals surface area contributed by atoms with E-state index in [4.69, 9.17) is 17.3 Å². The van der Waals surface area contributed by atoms with Gasteiger partial charge in [0.2, 0.25) is 0 Å². The number of halogens is 1.